The van der Waals surface area contributed by atoms with Gasteiger partial charge in [0.2, 0.25) is 15.9 Å². The first-order valence-corrected chi connectivity index (χ1v) is 16.5. The molecule has 1 fully saturated rings. The Bertz CT molecular complexity index is 1700. The highest BCUT2D eigenvalue weighted by Crippen LogP contribution is 2.23. The summed E-state index contributed by atoms with van der Waals surface area (Å²) in [7, 11) is -7.09. The van der Waals surface area contributed by atoms with Gasteiger partial charge in [-0.15, -0.1) is 3.97 Å². The molecule has 0 aliphatic carbocycles. The molecule has 0 saturated carbocycles. The van der Waals surface area contributed by atoms with Crippen LogP contribution in [0, 0.1) is 0 Å². The van der Waals surface area contributed by atoms with Gasteiger partial charge in [0, 0.05) is 37.6 Å². The minimum absolute atomic E-state index is 0.00760. The summed E-state index contributed by atoms with van der Waals surface area (Å²) in [5.41, 5.74) is 2.70. The van der Waals surface area contributed by atoms with E-state index in [9.17, 15) is 21.6 Å². The molecule has 5 rings (SSSR count). The lowest BCUT2D eigenvalue weighted by Gasteiger charge is -2.34. The fraction of sp³-hybridized carbons (Fsp3) is 0.231. The van der Waals surface area contributed by atoms with Gasteiger partial charge < -0.3 is 10.2 Å². The van der Waals surface area contributed by atoms with Gasteiger partial charge in [-0.2, -0.15) is 12.7 Å². The monoisotopic (exact) mass is 586 g/mol. The standard InChI is InChI=1S/C26H27N5O5S3/c1-38(33,34)30-17-15-29(16-18-30)21-13-11-20(12-14-21)27-25(32)19-37-26-28-23-9-5-6-10-24(23)31(26)39(35,36)22-7-3-2-4-8-22/h2-14H,15-19H2,1H3,(H,27,32)/p+1. The number of para-hydroxylation sites is 2. The number of nitrogens with zero attached hydrogens (tertiary/aromatic N) is 3. The van der Waals surface area contributed by atoms with E-state index in [4.69, 9.17) is 0 Å². The Kier molecular flexibility index (Phi) is 7.67. The number of benzene rings is 3. The Balaban J connectivity index is 1.26. The molecular formula is C26H28N5O5S3+. The molecule has 1 saturated heterocycles. The lowest BCUT2D eigenvalue weighted by atomic mass is 10.2. The van der Waals surface area contributed by atoms with Gasteiger partial charge in [0.15, 0.2) is 11.0 Å². The zero-order valence-electron chi connectivity index (χ0n) is 21.1. The molecule has 0 bridgehead atoms. The second-order valence-electron chi connectivity index (χ2n) is 9.06. The molecule has 2 N–H and O–H groups in total. The van der Waals surface area contributed by atoms with Crippen LogP contribution in [0.2, 0.25) is 0 Å². The number of piperazine rings is 1. The number of rotatable bonds is 8. The minimum atomic E-state index is -3.90. The van der Waals surface area contributed by atoms with E-state index in [1.165, 1.54) is 14.5 Å². The van der Waals surface area contributed by atoms with Crippen LogP contribution >= 0.6 is 11.8 Å². The number of aromatic amines is 1. The van der Waals surface area contributed by atoms with Gasteiger partial charge in [-0.25, -0.2) is 13.4 Å². The van der Waals surface area contributed by atoms with Crippen molar-refractivity contribution in [1.82, 2.24) is 9.29 Å². The fourth-order valence-electron chi connectivity index (χ4n) is 4.43. The van der Waals surface area contributed by atoms with Crippen molar-refractivity contribution in [3.63, 3.8) is 0 Å². The predicted molar refractivity (Wildman–Crippen MR) is 152 cm³/mol. The number of sulfonamides is 1. The molecule has 1 aliphatic rings. The highest BCUT2D eigenvalue weighted by atomic mass is 32.2. The molecule has 39 heavy (non-hydrogen) atoms. The molecular weight excluding hydrogens is 559 g/mol. The lowest BCUT2D eigenvalue weighted by molar-refractivity contribution is -0.526. The number of aromatic nitrogens is 2. The van der Waals surface area contributed by atoms with Crippen LogP contribution in [0.25, 0.3) is 11.0 Å². The van der Waals surface area contributed by atoms with Crippen LogP contribution in [0.3, 0.4) is 0 Å². The summed E-state index contributed by atoms with van der Waals surface area (Å²) >= 11 is 1.10. The van der Waals surface area contributed by atoms with E-state index in [-0.39, 0.29) is 16.6 Å². The normalized spacial score (nSPS) is 14.9. The summed E-state index contributed by atoms with van der Waals surface area (Å²) < 4.78 is 53.2. The quantitative estimate of drug-likeness (QED) is 0.240. The van der Waals surface area contributed by atoms with Gasteiger partial charge in [-0.1, -0.05) is 30.3 Å². The van der Waals surface area contributed by atoms with E-state index in [0.29, 0.717) is 48.1 Å². The first kappa shape index (κ1) is 27.2. The number of hydrogen-bond donors (Lipinski definition) is 2. The number of imidazole rings is 1. The summed E-state index contributed by atoms with van der Waals surface area (Å²) in [6, 6.07) is 22.6. The average Bonchev–Trinajstić information content (AvgIpc) is 3.32. The number of fused-ring (bicyclic) bond motifs is 1. The molecule has 204 valence electrons. The third-order valence-electron chi connectivity index (χ3n) is 6.39. The van der Waals surface area contributed by atoms with Crippen LogP contribution in [-0.2, 0) is 24.8 Å². The Morgan fingerprint density at radius 2 is 1.54 bits per heavy atom. The van der Waals surface area contributed by atoms with Gasteiger partial charge in [0.05, 0.1) is 12.0 Å². The lowest BCUT2D eigenvalue weighted by Crippen LogP contribution is -2.48. The average molecular weight is 587 g/mol. The third-order valence-corrected chi connectivity index (χ3v) is 10.5. The SMILES string of the molecule is CS(=O)(=O)N1CCN(c2ccc(NC(=O)CSc3[nH]c4ccccc4[n+]3S(=O)(=O)c3ccccc3)cc2)CC1. The Labute approximate surface area is 231 Å². The van der Waals surface area contributed by atoms with E-state index in [1.54, 1.807) is 60.7 Å². The molecule has 2 heterocycles. The number of H-pyrrole nitrogens is 1. The molecule has 10 nitrogen and oxygen atoms in total. The molecule has 0 atom stereocenters. The van der Waals surface area contributed by atoms with Gasteiger partial charge >= 0.3 is 15.2 Å². The number of hydrogen-bond acceptors (Lipinski definition) is 7. The maximum absolute atomic E-state index is 13.5. The highest BCUT2D eigenvalue weighted by molar-refractivity contribution is 8.00. The summed E-state index contributed by atoms with van der Waals surface area (Å²) in [6.45, 7) is 2.04. The first-order chi connectivity index (χ1) is 18.6. The van der Waals surface area contributed by atoms with Crippen molar-refractivity contribution >= 4 is 60.1 Å². The Morgan fingerprint density at radius 1 is 0.897 bits per heavy atom. The van der Waals surface area contributed by atoms with E-state index in [1.807, 2.05) is 18.2 Å². The van der Waals surface area contributed by atoms with Gasteiger partial charge in [-0.05, 0) is 60.3 Å². The van der Waals surface area contributed by atoms with Crippen molar-refractivity contribution in [3.8, 4) is 0 Å². The van der Waals surface area contributed by atoms with Gasteiger partial charge in [-0.3, -0.25) is 4.79 Å². The summed E-state index contributed by atoms with van der Waals surface area (Å²) in [5.74, 6) is -0.288. The van der Waals surface area contributed by atoms with E-state index in [0.717, 1.165) is 17.4 Å². The fourth-order valence-corrected chi connectivity index (χ4v) is 7.84. The number of anilines is 2. The maximum atomic E-state index is 13.5. The first-order valence-electron chi connectivity index (χ1n) is 12.2. The van der Waals surface area contributed by atoms with Crippen molar-refractivity contribution in [2.75, 3.05) is 48.4 Å². The van der Waals surface area contributed by atoms with E-state index in [2.05, 4.69) is 15.2 Å². The van der Waals surface area contributed by atoms with Crippen LogP contribution in [0.1, 0.15) is 0 Å². The highest BCUT2D eigenvalue weighted by Gasteiger charge is 2.32. The second-order valence-corrected chi connectivity index (χ2v) is 13.8. The van der Waals surface area contributed by atoms with Crippen LogP contribution < -0.4 is 14.2 Å². The molecule has 0 spiro atoms. The molecule has 3 aromatic carbocycles. The van der Waals surface area contributed by atoms with Crippen molar-refractivity contribution in [1.29, 1.82) is 0 Å². The zero-order chi connectivity index (χ0) is 27.6. The minimum Gasteiger partial charge on any atom is -0.369 e. The molecule has 1 amide bonds. The predicted octanol–water partition coefficient (Wildman–Crippen LogP) is 2.50. The molecule has 0 radical (unpaired) electrons. The number of amides is 1. The van der Waals surface area contributed by atoms with Crippen LogP contribution in [0.5, 0.6) is 0 Å². The molecule has 1 aliphatic heterocycles. The van der Waals surface area contributed by atoms with Crippen molar-refractivity contribution in [2.24, 2.45) is 0 Å². The topological polar surface area (TPSA) is 124 Å². The Morgan fingerprint density at radius 3 is 2.21 bits per heavy atom. The summed E-state index contributed by atoms with van der Waals surface area (Å²) in [5, 5.41) is 3.19. The van der Waals surface area contributed by atoms with Crippen molar-refractivity contribution in [2.45, 2.75) is 10.1 Å². The third kappa shape index (κ3) is 5.96. The molecule has 0 unspecified atom stereocenters. The van der Waals surface area contributed by atoms with Crippen LogP contribution in [-0.4, -0.2) is 70.2 Å². The maximum Gasteiger partial charge on any atom is 0.336 e. The van der Waals surface area contributed by atoms with Crippen LogP contribution in [0.15, 0.2) is 88.9 Å². The summed E-state index contributed by atoms with van der Waals surface area (Å²) in [6.07, 6.45) is 1.22. The largest absolute Gasteiger partial charge is 0.369 e. The smallest absolute Gasteiger partial charge is 0.336 e. The van der Waals surface area contributed by atoms with Crippen molar-refractivity contribution < 1.29 is 25.6 Å². The number of carbonyl (C=O) groups excluding carboxylic acids is 1. The second kappa shape index (κ2) is 11.0. The van der Waals surface area contributed by atoms with Gasteiger partial charge in [0.25, 0.3) is 0 Å². The molecule has 1 aromatic heterocycles. The number of nitrogens with one attached hydrogen (secondary N) is 2. The van der Waals surface area contributed by atoms with Crippen LogP contribution in [0.4, 0.5) is 11.4 Å². The molecule has 4 aromatic rings. The van der Waals surface area contributed by atoms with E-state index < -0.39 is 20.0 Å². The number of carbonyl (C=O) groups is 1. The van der Waals surface area contributed by atoms with Gasteiger partial charge in [0.1, 0.15) is 4.90 Å². The molecule has 13 heteroatoms. The summed E-state index contributed by atoms with van der Waals surface area (Å²) in [4.78, 5) is 18.2. The Hall–Kier alpha value is -3.39. The van der Waals surface area contributed by atoms with Crippen molar-refractivity contribution in [3.05, 3.63) is 78.9 Å². The number of thioether (sulfide) groups is 1. The van der Waals surface area contributed by atoms with E-state index >= 15 is 0 Å². The zero-order valence-corrected chi connectivity index (χ0v) is 23.6.